The summed E-state index contributed by atoms with van der Waals surface area (Å²) in [5.74, 6) is 0.464. The van der Waals surface area contributed by atoms with Crippen LogP contribution in [0.4, 0.5) is 0 Å². The molecule has 5 rings (SSSR count). The number of hydrogen-bond donors (Lipinski definition) is 0. The van der Waals surface area contributed by atoms with Gasteiger partial charge in [0.25, 0.3) is 0 Å². The monoisotopic (exact) mass is 416 g/mol. The molecule has 0 saturated carbocycles. The molecular formula is C22H17ClN6O. The second kappa shape index (κ2) is 7.35. The molecule has 0 bridgehead atoms. The van der Waals surface area contributed by atoms with Gasteiger partial charge in [-0.05, 0) is 24.1 Å². The number of fused-ring (bicyclic) bond motifs is 3. The van der Waals surface area contributed by atoms with E-state index < -0.39 is 0 Å². The standard InChI is InChI=1S/C22H17ClN6O/c1-14-6-8-15(9-7-14)10-29-21-19(27-22(29)30)18-20(24-12-25-21)28(13-26-18)11-16-4-2-3-5-17(16)23/h2-9,12-13H,10-11H2,1H3. The number of aromatic nitrogens is 6. The topological polar surface area (TPSA) is 78.5 Å². The number of hydrogen-bond acceptors (Lipinski definition) is 5. The molecule has 0 aliphatic carbocycles. The van der Waals surface area contributed by atoms with E-state index in [1.165, 1.54) is 6.33 Å². The van der Waals surface area contributed by atoms with E-state index in [0.29, 0.717) is 40.8 Å². The molecule has 0 unspecified atom stereocenters. The number of benzene rings is 2. The van der Waals surface area contributed by atoms with Gasteiger partial charge in [0, 0.05) is 5.02 Å². The molecular weight excluding hydrogens is 400 g/mol. The number of halogens is 1. The van der Waals surface area contributed by atoms with Crippen molar-refractivity contribution < 1.29 is 0 Å². The first kappa shape index (κ1) is 18.4. The number of nitrogens with zero attached hydrogens (tertiary/aromatic N) is 6. The summed E-state index contributed by atoms with van der Waals surface area (Å²) in [6, 6.07) is 15.6. The Morgan fingerprint density at radius 1 is 0.967 bits per heavy atom. The van der Waals surface area contributed by atoms with Crippen LogP contribution in [0.25, 0.3) is 22.7 Å². The lowest BCUT2D eigenvalue weighted by atomic mass is 10.1. The largest absolute Gasteiger partial charge is 0.350 e. The van der Waals surface area contributed by atoms with Gasteiger partial charge in [-0.2, -0.15) is 4.98 Å². The fraction of sp³-hybridized carbons (Fsp3) is 0.136. The van der Waals surface area contributed by atoms with Gasteiger partial charge in [-0.25, -0.2) is 19.7 Å². The van der Waals surface area contributed by atoms with E-state index in [2.05, 4.69) is 19.9 Å². The summed E-state index contributed by atoms with van der Waals surface area (Å²) in [6.45, 7) is 2.91. The summed E-state index contributed by atoms with van der Waals surface area (Å²) in [4.78, 5) is 30.2. The van der Waals surface area contributed by atoms with Crippen molar-refractivity contribution in [1.82, 2.24) is 29.1 Å². The third kappa shape index (κ3) is 3.23. The number of imidazole rings is 2. The minimum atomic E-state index is -0.355. The highest BCUT2D eigenvalue weighted by atomic mass is 35.5. The maximum absolute atomic E-state index is 12.6. The Morgan fingerprint density at radius 2 is 1.77 bits per heavy atom. The quantitative estimate of drug-likeness (QED) is 0.447. The lowest BCUT2D eigenvalue weighted by Gasteiger charge is -2.05. The van der Waals surface area contributed by atoms with Gasteiger partial charge in [-0.1, -0.05) is 59.6 Å². The molecule has 3 heterocycles. The minimum absolute atomic E-state index is 0.355. The summed E-state index contributed by atoms with van der Waals surface area (Å²) in [7, 11) is 0. The van der Waals surface area contributed by atoms with Crippen molar-refractivity contribution >= 4 is 22.8 Å². The highest BCUT2D eigenvalue weighted by Gasteiger charge is 2.21. The summed E-state index contributed by atoms with van der Waals surface area (Å²) in [6.07, 6.45) is 3.13. The lowest BCUT2D eigenvalue weighted by Crippen LogP contribution is -2.17. The summed E-state index contributed by atoms with van der Waals surface area (Å²) >= 11 is 6.30. The van der Waals surface area contributed by atoms with Gasteiger partial charge < -0.3 is 4.57 Å². The van der Waals surface area contributed by atoms with Crippen molar-refractivity contribution in [1.29, 1.82) is 0 Å². The van der Waals surface area contributed by atoms with Gasteiger partial charge in [0.1, 0.15) is 17.5 Å². The third-order valence-corrected chi connectivity index (χ3v) is 5.43. The van der Waals surface area contributed by atoms with Crippen LogP contribution in [0.3, 0.4) is 0 Å². The van der Waals surface area contributed by atoms with Gasteiger partial charge >= 0.3 is 5.69 Å². The lowest BCUT2D eigenvalue weighted by molar-refractivity contribution is 0.758. The second-order valence-electron chi connectivity index (χ2n) is 7.15. The highest BCUT2D eigenvalue weighted by Crippen LogP contribution is 2.24. The Morgan fingerprint density at radius 3 is 2.57 bits per heavy atom. The molecule has 2 aliphatic rings. The van der Waals surface area contributed by atoms with Crippen LogP contribution in [0.15, 0.2) is 66.0 Å². The molecule has 2 aromatic carbocycles. The summed E-state index contributed by atoms with van der Waals surface area (Å²) < 4.78 is 3.43. The average molecular weight is 417 g/mol. The van der Waals surface area contributed by atoms with Crippen LogP contribution < -0.4 is 5.69 Å². The molecule has 0 amide bonds. The van der Waals surface area contributed by atoms with Crippen molar-refractivity contribution in [3.63, 3.8) is 0 Å². The van der Waals surface area contributed by atoms with Crippen LogP contribution in [-0.2, 0) is 13.1 Å². The molecule has 1 aromatic heterocycles. The molecule has 30 heavy (non-hydrogen) atoms. The van der Waals surface area contributed by atoms with Crippen molar-refractivity contribution in [2.75, 3.05) is 0 Å². The summed E-state index contributed by atoms with van der Waals surface area (Å²) in [5, 5.41) is 0.673. The van der Waals surface area contributed by atoms with Gasteiger partial charge in [-0.3, -0.25) is 4.57 Å². The SMILES string of the molecule is Cc1ccc(Cn2c3ncnc4c(ncn4Cc4ccccc4Cl)c-3nc2=O)cc1. The van der Waals surface area contributed by atoms with Crippen LogP contribution in [0.1, 0.15) is 16.7 Å². The average Bonchev–Trinajstić information content (AvgIpc) is 3.21. The van der Waals surface area contributed by atoms with Crippen molar-refractivity contribution in [3.05, 3.63) is 93.4 Å². The van der Waals surface area contributed by atoms with E-state index in [1.54, 1.807) is 10.9 Å². The van der Waals surface area contributed by atoms with Crippen LogP contribution in [0.2, 0.25) is 5.02 Å². The Kier molecular flexibility index (Phi) is 4.52. The maximum Gasteiger partial charge on any atom is 0.350 e. The van der Waals surface area contributed by atoms with Gasteiger partial charge in [-0.15, -0.1) is 0 Å². The van der Waals surface area contributed by atoms with Crippen LogP contribution in [0.5, 0.6) is 0 Å². The first-order valence-electron chi connectivity index (χ1n) is 9.45. The normalized spacial score (nSPS) is 11.4. The number of rotatable bonds is 4. The van der Waals surface area contributed by atoms with Gasteiger partial charge in [0.05, 0.1) is 19.4 Å². The Labute approximate surface area is 177 Å². The van der Waals surface area contributed by atoms with Crippen LogP contribution in [-0.4, -0.2) is 29.1 Å². The molecule has 3 aromatic rings. The van der Waals surface area contributed by atoms with Gasteiger partial charge in [0.2, 0.25) is 0 Å². The van der Waals surface area contributed by atoms with Crippen LogP contribution in [0, 0.1) is 6.92 Å². The molecule has 8 heteroatoms. The smallest absolute Gasteiger partial charge is 0.311 e. The van der Waals surface area contributed by atoms with Crippen molar-refractivity contribution in [2.45, 2.75) is 20.0 Å². The van der Waals surface area contributed by atoms with E-state index in [9.17, 15) is 4.79 Å². The fourth-order valence-corrected chi connectivity index (χ4v) is 3.67. The predicted octanol–water partition coefficient (Wildman–Crippen LogP) is 3.55. The Bertz CT molecular complexity index is 1390. The molecule has 148 valence electrons. The van der Waals surface area contributed by atoms with Gasteiger partial charge in [0.15, 0.2) is 11.5 Å². The Hall–Kier alpha value is -3.58. The highest BCUT2D eigenvalue weighted by molar-refractivity contribution is 6.31. The predicted molar refractivity (Wildman–Crippen MR) is 115 cm³/mol. The molecule has 0 N–H and O–H groups in total. The van der Waals surface area contributed by atoms with E-state index >= 15 is 0 Å². The van der Waals surface area contributed by atoms with E-state index in [4.69, 9.17) is 11.6 Å². The van der Waals surface area contributed by atoms with Crippen LogP contribution >= 0.6 is 11.6 Å². The molecule has 0 saturated heterocycles. The molecule has 7 nitrogen and oxygen atoms in total. The minimum Gasteiger partial charge on any atom is -0.311 e. The summed E-state index contributed by atoms with van der Waals surface area (Å²) in [5.41, 5.74) is 4.33. The zero-order valence-electron chi connectivity index (χ0n) is 16.2. The molecule has 0 radical (unpaired) electrons. The molecule has 2 aliphatic heterocycles. The maximum atomic E-state index is 12.6. The van der Waals surface area contributed by atoms with E-state index in [1.807, 2.05) is 60.0 Å². The van der Waals surface area contributed by atoms with Crippen molar-refractivity contribution in [3.8, 4) is 11.5 Å². The Balaban J connectivity index is 1.58. The van der Waals surface area contributed by atoms with Crippen molar-refractivity contribution in [2.24, 2.45) is 0 Å². The zero-order chi connectivity index (χ0) is 20.7. The fourth-order valence-electron chi connectivity index (χ4n) is 3.48. The molecule has 0 fully saturated rings. The van der Waals surface area contributed by atoms with E-state index in [-0.39, 0.29) is 5.69 Å². The first-order valence-corrected chi connectivity index (χ1v) is 9.83. The molecule has 0 spiro atoms. The molecule has 0 atom stereocenters. The second-order valence-corrected chi connectivity index (χ2v) is 7.56. The van der Waals surface area contributed by atoms with E-state index in [0.717, 1.165) is 16.7 Å². The third-order valence-electron chi connectivity index (χ3n) is 5.06. The first-order chi connectivity index (χ1) is 14.6. The zero-order valence-corrected chi connectivity index (χ0v) is 16.9. The number of aryl methyl sites for hydroxylation is 1.